The second-order valence-corrected chi connectivity index (χ2v) is 7.98. The van der Waals surface area contributed by atoms with Crippen LogP contribution in [0.25, 0.3) is 0 Å². The van der Waals surface area contributed by atoms with Gasteiger partial charge >= 0.3 is 6.03 Å². The topological polar surface area (TPSA) is 130 Å². The highest BCUT2D eigenvalue weighted by atomic mass is 32.2. The van der Waals surface area contributed by atoms with Gasteiger partial charge in [0.1, 0.15) is 0 Å². The Balaban J connectivity index is 2.15. The standard InChI is InChI=1S/C14H14N2O6S2/c1-10-5-7-12(8-6-10)23(18,19)16-14(17)15-11-3-2-4-13(9-11)24(20,21)22/h2-9H,1H3,(H2,15,16,17)(H,20,21,22). The Bertz CT molecular complexity index is 967. The highest BCUT2D eigenvalue weighted by molar-refractivity contribution is 7.90. The van der Waals surface area contributed by atoms with E-state index in [0.717, 1.165) is 17.7 Å². The number of carbonyl (C=O) groups is 1. The summed E-state index contributed by atoms with van der Waals surface area (Å²) in [5.41, 5.74) is 0.863. The number of nitrogens with one attached hydrogen (secondary N) is 2. The second-order valence-electron chi connectivity index (χ2n) is 4.88. The van der Waals surface area contributed by atoms with Gasteiger partial charge in [0.15, 0.2) is 0 Å². The molecule has 0 unspecified atom stereocenters. The molecule has 0 spiro atoms. The molecule has 128 valence electrons. The summed E-state index contributed by atoms with van der Waals surface area (Å²) in [7, 11) is -8.50. The van der Waals surface area contributed by atoms with Crippen molar-refractivity contribution in [1.29, 1.82) is 0 Å². The normalized spacial score (nSPS) is 11.8. The lowest BCUT2D eigenvalue weighted by molar-refractivity contribution is 0.256. The number of aryl methyl sites for hydroxylation is 1. The van der Waals surface area contributed by atoms with Crippen LogP contribution < -0.4 is 10.0 Å². The summed E-state index contributed by atoms with van der Waals surface area (Å²) in [6.45, 7) is 1.79. The molecule has 8 nitrogen and oxygen atoms in total. The average Bonchev–Trinajstić information content (AvgIpc) is 2.46. The second kappa shape index (κ2) is 6.59. The zero-order valence-electron chi connectivity index (χ0n) is 12.4. The molecule has 0 atom stereocenters. The molecular weight excluding hydrogens is 356 g/mol. The number of carbonyl (C=O) groups excluding carboxylic acids is 1. The monoisotopic (exact) mass is 370 g/mol. The summed E-state index contributed by atoms with van der Waals surface area (Å²) in [6.07, 6.45) is 0. The lowest BCUT2D eigenvalue weighted by atomic mass is 10.2. The molecule has 24 heavy (non-hydrogen) atoms. The largest absolute Gasteiger partial charge is 0.333 e. The number of hydrogen-bond acceptors (Lipinski definition) is 5. The van der Waals surface area contributed by atoms with E-state index in [-0.39, 0.29) is 10.6 Å². The number of rotatable bonds is 4. The first-order valence-corrected chi connectivity index (χ1v) is 9.48. The summed E-state index contributed by atoms with van der Waals surface area (Å²) in [5, 5.41) is 2.19. The summed E-state index contributed by atoms with van der Waals surface area (Å²) in [5.74, 6) is 0. The van der Waals surface area contributed by atoms with Gasteiger partial charge in [-0.15, -0.1) is 0 Å². The molecular formula is C14H14N2O6S2. The van der Waals surface area contributed by atoms with Gasteiger partial charge in [-0.2, -0.15) is 8.42 Å². The van der Waals surface area contributed by atoms with Crippen molar-refractivity contribution in [1.82, 2.24) is 4.72 Å². The average molecular weight is 370 g/mol. The maximum absolute atomic E-state index is 12.1. The SMILES string of the molecule is Cc1ccc(S(=O)(=O)NC(=O)Nc2cccc(S(=O)(=O)O)c2)cc1. The number of amides is 2. The van der Waals surface area contributed by atoms with E-state index in [1.54, 1.807) is 19.1 Å². The minimum atomic E-state index is -4.43. The van der Waals surface area contributed by atoms with Crippen LogP contribution in [-0.2, 0) is 20.1 Å². The fourth-order valence-electron chi connectivity index (χ4n) is 1.79. The quantitative estimate of drug-likeness (QED) is 0.703. The van der Waals surface area contributed by atoms with Crippen molar-refractivity contribution < 1.29 is 26.2 Å². The molecule has 2 rings (SSSR count). The molecule has 0 aliphatic heterocycles. The predicted molar refractivity (Wildman–Crippen MR) is 86.8 cm³/mol. The van der Waals surface area contributed by atoms with Gasteiger partial charge < -0.3 is 5.32 Å². The van der Waals surface area contributed by atoms with Crippen LogP contribution in [0.5, 0.6) is 0 Å². The molecule has 0 fully saturated rings. The van der Waals surface area contributed by atoms with Crippen LogP contribution in [-0.4, -0.2) is 27.4 Å². The fraction of sp³-hybridized carbons (Fsp3) is 0.0714. The molecule has 0 saturated heterocycles. The molecule has 0 aliphatic carbocycles. The van der Waals surface area contributed by atoms with E-state index in [1.165, 1.54) is 24.3 Å². The van der Waals surface area contributed by atoms with E-state index in [2.05, 4.69) is 5.32 Å². The first kappa shape index (κ1) is 17.9. The molecule has 0 saturated carbocycles. The molecule has 0 aromatic heterocycles. The van der Waals surface area contributed by atoms with Gasteiger partial charge in [-0.25, -0.2) is 17.9 Å². The van der Waals surface area contributed by atoms with Gasteiger partial charge in [0, 0.05) is 5.69 Å². The van der Waals surface area contributed by atoms with E-state index in [0.29, 0.717) is 0 Å². The lowest BCUT2D eigenvalue weighted by Gasteiger charge is -2.09. The van der Waals surface area contributed by atoms with Gasteiger partial charge in [-0.05, 0) is 37.3 Å². The van der Waals surface area contributed by atoms with Crippen LogP contribution in [0.1, 0.15) is 5.56 Å². The Morgan fingerprint density at radius 3 is 2.17 bits per heavy atom. The third-order valence-corrected chi connectivity index (χ3v) is 5.14. The van der Waals surface area contributed by atoms with Gasteiger partial charge in [0.05, 0.1) is 9.79 Å². The van der Waals surface area contributed by atoms with Crippen molar-refractivity contribution >= 4 is 31.9 Å². The number of anilines is 1. The van der Waals surface area contributed by atoms with Crippen molar-refractivity contribution in [2.24, 2.45) is 0 Å². The van der Waals surface area contributed by atoms with E-state index < -0.39 is 31.1 Å². The van der Waals surface area contributed by atoms with Gasteiger partial charge in [0.2, 0.25) is 0 Å². The van der Waals surface area contributed by atoms with Crippen molar-refractivity contribution in [3.8, 4) is 0 Å². The van der Waals surface area contributed by atoms with Crippen LogP contribution in [0.2, 0.25) is 0 Å². The summed E-state index contributed by atoms with van der Waals surface area (Å²) < 4.78 is 57.0. The smallest absolute Gasteiger partial charge is 0.307 e. The molecule has 0 heterocycles. The Labute approximate surface area is 139 Å². The van der Waals surface area contributed by atoms with Gasteiger partial charge in [0.25, 0.3) is 20.1 Å². The predicted octanol–water partition coefficient (Wildman–Crippen LogP) is 1.75. The minimum absolute atomic E-state index is 0.00160. The molecule has 2 amide bonds. The van der Waals surface area contributed by atoms with Crippen LogP contribution in [0.4, 0.5) is 10.5 Å². The first-order chi connectivity index (χ1) is 11.1. The summed E-state index contributed by atoms with van der Waals surface area (Å²) in [4.78, 5) is 11.3. The molecule has 2 aromatic carbocycles. The maximum Gasteiger partial charge on any atom is 0.333 e. The van der Waals surface area contributed by atoms with Crippen molar-refractivity contribution in [3.63, 3.8) is 0 Å². The Hall–Kier alpha value is -2.43. The molecule has 2 aromatic rings. The summed E-state index contributed by atoms with van der Waals surface area (Å²) >= 11 is 0. The van der Waals surface area contributed by atoms with E-state index in [9.17, 15) is 21.6 Å². The van der Waals surface area contributed by atoms with Crippen molar-refractivity contribution in [2.75, 3.05) is 5.32 Å². The van der Waals surface area contributed by atoms with E-state index >= 15 is 0 Å². The number of hydrogen-bond donors (Lipinski definition) is 3. The Morgan fingerprint density at radius 1 is 0.958 bits per heavy atom. The highest BCUT2D eigenvalue weighted by Crippen LogP contribution is 2.15. The zero-order chi connectivity index (χ0) is 18.0. The Morgan fingerprint density at radius 2 is 1.58 bits per heavy atom. The fourth-order valence-corrected chi connectivity index (χ4v) is 3.22. The molecule has 10 heteroatoms. The Kier molecular flexibility index (Phi) is 4.92. The van der Waals surface area contributed by atoms with Crippen molar-refractivity contribution in [3.05, 3.63) is 54.1 Å². The molecule has 0 radical (unpaired) electrons. The van der Waals surface area contributed by atoms with Crippen LogP contribution in [0.15, 0.2) is 58.3 Å². The van der Waals surface area contributed by atoms with Gasteiger partial charge in [-0.3, -0.25) is 4.55 Å². The first-order valence-electron chi connectivity index (χ1n) is 6.56. The lowest BCUT2D eigenvalue weighted by Crippen LogP contribution is -2.34. The van der Waals surface area contributed by atoms with Crippen LogP contribution in [0.3, 0.4) is 0 Å². The van der Waals surface area contributed by atoms with E-state index in [1.807, 2.05) is 4.72 Å². The van der Waals surface area contributed by atoms with Crippen LogP contribution in [0, 0.1) is 6.92 Å². The number of benzene rings is 2. The maximum atomic E-state index is 12.1. The van der Waals surface area contributed by atoms with Crippen LogP contribution >= 0.6 is 0 Å². The van der Waals surface area contributed by atoms with Crippen molar-refractivity contribution in [2.45, 2.75) is 16.7 Å². The summed E-state index contributed by atoms with van der Waals surface area (Å²) in [6, 6.07) is 9.55. The molecule has 0 bridgehead atoms. The minimum Gasteiger partial charge on any atom is -0.307 e. The number of urea groups is 1. The third-order valence-electron chi connectivity index (χ3n) is 2.95. The zero-order valence-corrected chi connectivity index (χ0v) is 14.1. The van der Waals surface area contributed by atoms with Gasteiger partial charge in [-0.1, -0.05) is 23.8 Å². The van der Waals surface area contributed by atoms with E-state index in [4.69, 9.17) is 4.55 Å². The highest BCUT2D eigenvalue weighted by Gasteiger charge is 2.18. The molecule has 3 N–H and O–H groups in total. The third kappa shape index (κ3) is 4.54. The molecule has 0 aliphatic rings. The number of sulfonamides is 1.